The van der Waals surface area contributed by atoms with Crippen molar-refractivity contribution < 1.29 is 14.3 Å². The lowest BCUT2D eigenvalue weighted by atomic mass is 9.99. The summed E-state index contributed by atoms with van der Waals surface area (Å²) in [6.45, 7) is 0. The van der Waals surface area contributed by atoms with Gasteiger partial charge in [0.15, 0.2) is 0 Å². The summed E-state index contributed by atoms with van der Waals surface area (Å²) in [5, 5.41) is 1.77. The molecule has 0 heterocycles. The molecule has 3 aromatic rings. The van der Waals surface area contributed by atoms with Crippen molar-refractivity contribution >= 4 is 28.5 Å². The normalized spacial score (nSPS) is 10.6. The average Bonchev–Trinajstić information content (AvgIpc) is 2.65. The number of fused-ring (bicyclic) bond motifs is 1. The summed E-state index contributed by atoms with van der Waals surface area (Å²) in [4.78, 5) is 13.6. The summed E-state index contributed by atoms with van der Waals surface area (Å²) in [7, 11) is 3.02. The second kappa shape index (κ2) is 7.41. The highest BCUT2D eigenvalue weighted by molar-refractivity contribution is 7.98. The van der Waals surface area contributed by atoms with Crippen LogP contribution in [0.4, 0.5) is 0 Å². The molecule has 3 rings (SSSR count). The predicted octanol–water partition coefficient (Wildman–Crippen LogP) is 4.93. The van der Waals surface area contributed by atoms with E-state index in [0.717, 1.165) is 21.2 Å². The van der Waals surface area contributed by atoms with Crippen molar-refractivity contribution in [1.29, 1.82) is 0 Å². The largest absolute Gasteiger partial charge is 0.496 e. The van der Waals surface area contributed by atoms with Crippen molar-refractivity contribution in [2.24, 2.45) is 0 Å². The number of carbonyl (C=O) groups excluding carboxylic acids is 1. The Morgan fingerprint density at radius 3 is 2.46 bits per heavy atom. The van der Waals surface area contributed by atoms with Crippen LogP contribution >= 0.6 is 11.8 Å². The van der Waals surface area contributed by atoms with Crippen LogP contribution in [0.25, 0.3) is 10.8 Å². The van der Waals surface area contributed by atoms with Gasteiger partial charge in [-0.25, -0.2) is 4.79 Å². The minimum absolute atomic E-state index is 0.339. The van der Waals surface area contributed by atoms with E-state index in [0.29, 0.717) is 17.1 Å². The molecule has 0 spiro atoms. The molecule has 122 valence electrons. The van der Waals surface area contributed by atoms with E-state index in [1.165, 1.54) is 7.11 Å². The van der Waals surface area contributed by atoms with Crippen LogP contribution in [0.2, 0.25) is 0 Å². The first kappa shape index (κ1) is 16.4. The van der Waals surface area contributed by atoms with E-state index in [2.05, 4.69) is 12.1 Å². The summed E-state index contributed by atoms with van der Waals surface area (Å²) in [5.41, 5.74) is 1.52. The first-order chi connectivity index (χ1) is 11.7. The fourth-order valence-electron chi connectivity index (χ4n) is 2.69. The molecule has 0 aliphatic carbocycles. The first-order valence-corrected chi connectivity index (χ1v) is 8.58. The van der Waals surface area contributed by atoms with Gasteiger partial charge in [0.05, 0.1) is 19.8 Å². The molecular weight excluding hydrogens is 320 g/mol. The van der Waals surface area contributed by atoms with E-state index >= 15 is 0 Å². The standard InChI is InChI=1S/C20H18O3S/c1-22-17-10-6-7-14-11-12-15(19(18(14)17)20(21)23-2)13-24-16-8-4-3-5-9-16/h3-12H,13H2,1-2H3. The number of esters is 1. The van der Waals surface area contributed by atoms with Crippen LogP contribution in [-0.4, -0.2) is 20.2 Å². The quantitative estimate of drug-likeness (QED) is 0.488. The van der Waals surface area contributed by atoms with E-state index in [-0.39, 0.29) is 5.97 Å². The van der Waals surface area contributed by atoms with E-state index in [1.54, 1.807) is 18.9 Å². The number of carbonyl (C=O) groups is 1. The van der Waals surface area contributed by atoms with Gasteiger partial charge in [-0.15, -0.1) is 11.8 Å². The van der Waals surface area contributed by atoms with Crippen molar-refractivity contribution in [2.45, 2.75) is 10.6 Å². The monoisotopic (exact) mass is 338 g/mol. The molecule has 0 saturated heterocycles. The number of rotatable bonds is 5. The third-order valence-corrected chi connectivity index (χ3v) is 4.90. The zero-order valence-corrected chi connectivity index (χ0v) is 14.4. The maximum atomic E-state index is 12.4. The van der Waals surface area contributed by atoms with Crippen LogP contribution in [0.15, 0.2) is 65.6 Å². The van der Waals surface area contributed by atoms with E-state index in [4.69, 9.17) is 9.47 Å². The molecule has 3 aromatic carbocycles. The van der Waals surface area contributed by atoms with Gasteiger partial charge in [-0.1, -0.05) is 42.5 Å². The van der Waals surface area contributed by atoms with Crippen LogP contribution in [0, 0.1) is 0 Å². The Kier molecular flexibility index (Phi) is 5.06. The third kappa shape index (κ3) is 3.24. The lowest BCUT2D eigenvalue weighted by molar-refractivity contribution is 0.0602. The highest BCUT2D eigenvalue weighted by atomic mass is 32.2. The number of hydrogen-bond donors (Lipinski definition) is 0. The number of thioether (sulfide) groups is 1. The number of hydrogen-bond acceptors (Lipinski definition) is 4. The van der Waals surface area contributed by atoms with Crippen LogP contribution in [0.3, 0.4) is 0 Å². The Bertz CT molecular complexity index is 859. The zero-order valence-electron chi connectivity index (χ0n) is 13.6. The molecule has 0 fully saturated rings. The predicted molar refractivity (Wildman–Crippen MR) is 97.8 cm³/mol. The molecule has 0 bridgehead atoms. The molecule has 0 saturated carbocycles. The minimum Gasteiger partial charge on any atom is -0.496 e. The molecule has 3 nitrogen and oxygen atoms in total. The lowest BCUT2D eigenvalue weighted by Crippen LogP contribution is -2.07. The average molecular weight is 338 g/mol. The smallest absolute Gasteiger partial charge is 0.338 e. The van der Waals surface area contributed by atoms with E-state index in [9.17, 15) is 4.79 Å². The molecule has 0 atom stereocenters. The topological polar surface area (TPSA) is 35.5 Å². The number of methoxy groups -OCH3 is 2. The number of benzene rings is 3. The summed E-state index contributed by atoms with van der Waals surface area (Å²) < 4.78 is 10.5. The van der Waals surface area contributed by atoms with E-state index < -0.39 is 0 Å². The maximum Gasteiger partial charge on any atom is 0.338 e. The molecule has 0 amide bonds. The van der Waals surface area contributed by atoms with Gasteiger partial charge < -0.3 is 9.47 Å². The van der Waals surface area contributed by atoms with Crippen LogP contribution in [0.1, 0.15) is 15.9 Å². The van der Waals surface area contributed by atoms with Gasteiger partial charge in [0.1, 0.15) is 5.75 Å². The second-order valence-electron chi connectivity index (χ2n) is 5.25. The Morgan fingerprint density at radius 2 is 1.75 bits per heavy atom. The summed E-state index contributed by atoms with van der Waals surface area (Å²) >= 11 is 1.69. The highest BCUT2D eigenvalue weighted by Crippen LogP contribution is 2.34. The Balaban J connectivity index is 2.08. The second-order valence-corrected chi connectivity index (χ2v) is 6.30. The number of ether oxygens (including phenoxy) is 2. The van der Waals surface area contributed by atoms with Gasteiger partial charge in [0.2, 0.25) is 0 Å². The minimum atomic E-state index is -0.339. The first-order valence-electron chi connectivity index (χ1n) is 7.59. The van der Waals surface area contributed by atoms with Gasteiger partial charge in [0.25, 0.3) is 0 Å². The van der Waals surface area contributed by atoms with Crippen molar-refractivity contribution in [1.82, 2.24) is 0 Å². The van der Waals surface area contributed by atoms with Crippen molar-refractivity contribution in [3.05, 3.63) is 71.8 Å². The Hall–Kier alpha value is -2.46. The maximum absolute atomic E-state index is 12.4. The Morgan fingerprint density at radius 1 is 0.958 bits per heavy atom. The van der Waals surface area contributed by atoms with Crippen LogP contribution < -0.4 is 4.74 Å². The van der Waals surface area contributed by atoms with Gasteiger partial charge >= 0.3 is 5.97 Å². The summed E-state index contributed by atoms with van der Waals surface area (Å²) in [5.74, 6) is 1.02. The Labute approximate surface area is 145 Å². The fraction of sp³-hybridized carbons (Fsp3) is 0.150. The highest BCUT2D eigenvalue weighted by Gasteiger charge is 2.19. The van der Waals surface area contributed by atoms with Gasteiger partial charge in [0, 0.05) is 16.0 Å². The fourth-order valence-corrected chi connectivity index (χ4v) is 3.60. The molecule has 0 aromatic heterocycles. The van der Waals surface area contributed by atoms with Gasteiger partial charge in [-0.05, 0) is 29.1 Å². The summed E-state index contributed by atoms with van der Waals surface area (Å²) in [6.07, 6.45) is 0. The molecule has 0 aliphatic heterocycles. The lowest BCUT2D eigenvalue weighted by Gasteiger charge is -2.14. The van der Waals surface area contributed by atoms with Crippen LogP contribution in [0.5, 0.6) is 5.75 Å². The molecule has 0 N–H and O–H groups in total. The molecule has 4 heteroatoms. The summed E-state index contributed by atoms with van der Waals surface area (Å²) in [6, 6.07) is 19.9. The molecule has 24 heavy (non-hydrogen) atoms. The van der Waals surface area contributed by atoms with Gasteiger partial charge in [-0.3, -0.25) is 0 Å². The van der Waals surface area contributed by atoms with Crippen molar-refractivity contribution in [3.8, 4) is 5.75 Å². The molecule has 0 unspecified atom stereocenters. The molecule has 0 radical (unpaired) electrons. The van der Waals surface area contributed by atoms with E-state index in [1.807, 2.05) is 48.5 Å². The van der Waals surface area contributed by atoms with Crippen LogP contribution in [-0.2, 0) is 10.5 Å². The van der Waals surface area contributed by atoms with Crippen molar-refractivity contribution in [3.63, 3.8) is 0 Å². The molecular formula is C20H18O3S. The SMILES string of the molecule is COC(=O)c1c(CSc2ccccc2)ccc2cccc(OC)c12. The third-order valence-electron chi connectivity index (χ3n) is 3.84. The molecule has 0 aliphatic rings. The van der Waals surface area contributed by atoms with Crippen molar-refractivity contribution in [2.75, 3.05) is 14.2 Å². The zero-order chi connectivity index (χ0) is 16.9. The van der Waals surface area contributed by atoms with Gasteiger partial charge in [-0.2, -0.15) is 0 Å².